The first-order valence-electron chi connectivity index (χ1n) is 8.80. The molecule has 0 aromatic carbocycles. The van der Waals surface area contributed by atoms with Crippen LogP contribution >= 0.6 is 0 Å². The van der Waals surface area contributed by atoms with E-state index in [0.29, 0.717) is 23.4 Å². The van der Waals surface area contributed by atoms with Crippen LogP contribution in [0.1, 0.15) is 50.6 Å². The predicted molar refractivity (Wildman–Crippen MR) is 87.8 cm³/mol. The molecule has 3 aliphatic rings. The van der Waals surface area contributed by atoms with E-state index in [1.165, 1.54) is 12.8 Å². The molecular weight excluding hydrogens is 312 g/mol. The number of likely N-dealkylation sites (N-methyl/N-ethyl adjacent to an activating group) is 1. The van der Waals surface area contributed by atoms with E-state index in [2.05, 4.69) is 10.00 Å². The Labute approximate surface area is 138 Å². The molecule has 4 rings (SSSR count). The van der Waals surface area contributed by atoms with Crippen molar-refractivity contribution in [2.24, 2.45) is 0 Å². The Bertz CT molecular complexity index is 691. The fourth-order valence-corrected chi connectivity index (χ4v) is 5.21. The zero-order valence-electron chi connectivity index (χ0n) is 14.0. The maximum absolute atomic E-state index is 13.1. The highest BCUT2D eigenvalue weighted by Crippen LogP contribution is 2.43. The molecule has 1 aliphatic heterocycles. The van der Waals surface area contributed by atoms with Crippen LogP contribution in [0.2, 0.25) is 0 Å². The van der Waals surface area contributed by atoms with Crippen molar-refractivity contribution in [2.75, 3.05) is 20.1 Å². The van der Waals surface area contributed by atoms with Crippen molar-refractivity contribution >= 4 is 10.0 Å². The first-order valence-corrected chi connectivity index (χ1v) is 10.2. The van der Waals surface area contributed by atoms with Crippen LogP contribution in [-0.4, -0.2) is 59.6 Å². The Hall–Kier alpha value is -0.920. The lowest BCUT2D eigenvalue weighted by Gasteiger charge is -2.24. The predicted octanol–water partition coefficient (Wildman–Crippen LogP) is 1.64. The number of hydrogen-bond donors (Lipinski definition) is 0. The highest BCUT2D eigenvalue weighted by molar-refractivity contribution is 7.89. The third-order valence-corrected chi connectivity index (χ3v) is 7.40. The van der Waals surface area contributed by atoms with Crippen LogP contribution in [0.4, 0.5) is 0 Å². The smallest absolute Gasteiger partial charge is 0.246 e. The number of aryl methyl sites for hydroxylation is 1. The quantitative estimate of drug-likeness (QED) is 0.791. The van der Waals surface area contributed by atoms with Crippen LogP contribution in [0.5, 0.6) is 0 Å². The standard InChI is InChI=1S/C16H26N4O2S/c1-3-20-11-15(16(17-20)12-4-5-12)23(21,22)18(2)14-8-9-19(10-14)13-6-7-13/h11-14H,3-10H2,1-2H3. The second kappa shape index (κ2) is 5.57. The van der Waals surface area contributed by atoms with E-state index in [-0.39, 0.29) is 6.04 Å². The van der Waals surface area contributed by atoms with E-state index in [1.54, 1.807) is 22.2 Å². The topological polar surface area (TPSA) is 58.4 Å². The number of sulfonamides is 1. The average Bonchev–Trinajstić information content (AvgIpc) is 3.48. The van der Waals surface area contributed by atoms with E-state index < -0.39 is 10.0 Å². The molecule has 0 spiro atoms. The summed E-state index contributed by atoms with van der Waals surface area (Å²) in [5.41, 5.74) is 0.788. The van der Waals surface area contributed by atoms with Crippen LogP contribution in [-0.2, 0) is 16.6 Å². The molecule has 3 fully saturated rings. The highest BCUT2D eigenvalue weighted by Gasteiger charge is 2.41. The summed E-state index contributed by atoms with van der Waals surface area (Å²) in [5, 5.41) is 4.52. The van der Waals surface area contributed by atoms with E-state index in [0.717, 1.165) is 38.0 Å². The molecule has 128 valence electrons. The van der Waals surface area contributed by atoms with Gasteiger partial charge in [-0.05, 0) is 39.0 Å². The van der Waals surface area contributed by atoms with E-state index >= 15 is 0 Å². The Morgan fingerprint density at radius 3 is 2.61 bits per heavy atom. The van der Waals surface area contributed by atoms with Gasteiger partial charge in [-0.3, -0.25) is 9.58 Å². The Kier molecular flexibility index (Phi) is 3.77. The van der Waals surface area contributed by atoms with Gasteiger partial charge in [0.25, 0.3) is 0 Å². The van der Waals surface area contributed by atoms with E-state index in [9.17, 15) is 8.42 Å². The van der Waals surface area contributed by atoms with Crippen LogP contribution in [0.25, 0.3) is 0 Å². The summed E-state index contributed by atoms with van der Waals surface area (Å²) in [6.45, 7) is 4.60. The number of aromatic nitrogens is 2. The van der Waals surface area contributed by atoms with Crippen molar-refractivity contribution < 1.29 is 8.42 Å². The Morgan fingerprint density at radius 1 is 1.26 bits per heavy atom. The zero-order valence-corrected chi connectivity index (χ0v) is 14.8. The number of rotatable bonds is 6. The molecule has 1 aromatic rings. The number of likely N-dealkylation sites (tertiary alicyclic amines) is 1. The summed E-state index contributed by atoms with van der Waals surface area (Å²) in [6.07, 6.45) is 7.34. The van der Waals surface area contributed by atoms with Gasteiger partial charge in [-0.25, -0.2) is 8.42 Å². The third-order valence-electron chi connectivity index (χ3n) is 5.47. The van der Waals surface area contributed by atoms with E-state index in [4.69, 9.17) is 0 Å². The molecule has 0 amide bonds. The van der Waals surface area contributed by atoms with Crippen LogP contribution < -0.4 is 0 Å². The van der Waals surface area contributed by atoms with Gasteiger partial charge in [0.1, 0.15) is 4.90 Å². The second-order valence-electron chi connectivity index (χ2n) is 7.20. The minimum Gasteiger partial charge on any atom is -0.299 e. The maximum Gasteiger partial charge on any atom is 0.246 e. The van der Waals surface area contributed by atoms with E-state index in [1.807, 2.05) is 6.92 Å². The number of nitrogens with zero attached hydrogens (tertiary/aromatic N) is 4. The lowest BCUT2D eigenvalue weighted by Crippen LogP contribution is -2.39. The van der Waals surface area contributed by atoms with Crippen molar-refractivity contribution in [2.45, 2.75) is 68.5 Å². The van der Waals surface area contributed by atoms with Gasteiger partial charge in [-0.2, -0.15) is 9.40 Å². The summed E-state index contributed by atoms with van der Waals surface area (Å²) >= 11 is 0. The van der Waals surface area contributed by atoms with Gasteiger partial charge in [0.2, 0.25) is 10.0 Å². The monoisotopic (exact) mass is 338 g/mol. The Morgan fingerprint density at radius 2 is 2.00 bits per heavy atom. The first kappa shape index (κ1) is 15.6. The van der Waals surface area contributed by atoms with Gasteiger partial charge < -0.3 is 0 Å². The van der Waals surface area contributed by atoms with Crippen LogP contribution in [0.3, 0.4) is 0 Å². The second-order valence-corrected chi connectivity index (χ2v) is 9.16. The minimum atomic E-state index is -3.45. The highest BCUT2D eigenvalue weighted by atomic mass is 32.2. The van der Waals surface area contributed by atoms with Crippen LogP contribution in [0, 0.1) is 0 Å². The molecule has 0 radical (unpaired) electrons. The molecule has 2 aliphatic carbocycles. The van der Waals surface area contributed by atoms with Crippen LogP contribution in [0.15, 0.2) is 11.1 Å². The molecule has 1 atom stereocenters. The van der Waals surface area contributed by atoms with Crippen molar-refractivity contribution in [1.82, 2.24) is 19.0 Å². The molecule has 1 unspecified atom stereocenters. The molecule has 2 saturated carbocycles. The van der Waals surface area contributed by atoms with Gasteiger partial charge in [0.15, 0.2) is 0 Å². The fraction of sp³-hybridized carbons (Fsp3) is 0.812. The molecule has 23 heavy (non-hydrogen) atoms. The summed E-state index contributed by atoms with van der Waals surface area (Å²) in [5.74, 6) is 0.340. The maximum atomic E-state index is 13.1. The molecule has 1 aromatic heterocycles. The van der Waals surface area contributed by atoms with Gasteiger partial charge in [-0.15, -0.1) is 0 Å². The van der Waals surface area contributed by atoms with Crippen molar-refractivity contribution in [3.63, 3.8) is 0 Å². The summed E-state index contributed by atoms with van der Waals surface area (Å²) in [4.78, 5) is 2.89. The van der Waals surface area contributed by atoms with Crippen molar-refractivity contribution in [3.8, 4) is 0 Å². The zero-order chi connectivity index (χ0) is 16.2. The van der Waals surface area contributed by atoms with Crippen molar-refractivity contribution in [1.29, 1.82) is 0 Å². The average molecular weight is 338 g/mol. The van der Waals surface area contributed by atoms with Gasteiger partial charge in [-0.1, -0.05) is 0 Å². The summed E-state index contributed by atoms with van der Waals surface area (Å²) in [7, 11) is -1.71. The normalized spacial score (nSPS) is 26.3. The molecule has 6 nitrogen and oxygen atoms in total. The third kappa shape index (κ3) is 2.83. The first-order chi connectivity index (χ1) is 11.0. The molecule has 7 heteroatoms. The lowest BCUT2D eigenvalue weighted by atomic mass is 10.3. The SMILES string of the molecule is CCn1cc(S(=O)(=O)N(C)C2CCN(C3CC3)C2)c(C2CC2)n1. The summed E-state index contributed by atoms with van der Waals surface area (Å²) < 4.78 is 29.7. The fourth-order valence-electron chi connectivity index (χ4n) is 3.61. The molecule has 2 heterocycles. The largest absolute Gasteiger partial charge is 0.299 e. The van der Waals surface area contributed by atoms with Crippen molar-refractivity contribution in [3.05, 3.63) is 11.9 Å². The van der Waals surface area contributed by atoms with Gasteiger partial charge in [0.05, 0.1) is 5.69 Å². The molecule has 1 saturated heterocycles. The minimum absolute atomic E-state index is 0.0950. The molecular formula is C16H26N4O2S. The number of hydrogen-bond acceptors (Lipinski definition) is 4. The lowest BCUT2D eigenvalue weighted by molar-refractivity contribution is 0.296. The van der Waals surface area contributed by atoms with Gasteiger partial charge in [0, 0.05) is 50.9 Å². The summed E-state index contributed by atoms with van der Waals surface area (Å²) in [6, 6.07) is 0.804. The Balaban J connectivity index is 1.58. The molecule has 0 bridgehead atoms. The molecule has 0 N–H and O–H groups in total. The van der Waals surface area contributed by atoms with Gasteiger partial charge >= 0.3 is 0 Å².